The Balaban J connectivity index is 4.46. The first-order chi connectivity index (χ1) is 28.4. The van der Waals surface area contributed by atoms with Crippen LogP contribution in [0.3, 0.4) is 0 Å². The van der Waals surface area contributed by atoms with Crippen LogP contribution in [-0.2, 0) is 32.7 Å². The van der Waals surface area contributed by atoms with Crippen molar-refractivity contribution in [3.63, 3.8) is 0 Å². The lowest BCUT2D eigenvalue weighted by atomic mass is 10.1. The van der Waals surface area contributed by atoms with Crippen LogP contribution in [0.5, 0.6) is 0 Å². The first kappa shape index (κ1) is 56.7. The summed E-state index contributed by atoms with van der Waals surface area (Å²) in [6.45, 7) is 4.13. The van der Waals surface area contributed by atoms with Gasteiger partial charge in [0.25, 0.3) is 0 Å². The standard InChI is InChI=1S/C48H86NO9P/c1-6-8-9-10-11-12-13-14-15-16-17-20-23-26-29-32-35-39-47(51)55-43-46(44-57-59(53,54)56-42-41-49(3,4)5)58-48(52)40-36-33-30-27-24-21-18-19-22-25-28-31-34-38-45(50)37-7-2/h14-15,18,21-22,25,27,30-31,34,45-46,50H,6-13,16-17,19-20,23-24,26,28-29,32-33,35-44H2,1-5H3/p+1/b15-14-,21-18-,25-22-,30-27-,34-31-/t45?,46-/m1/s1. The molecular weight excluding hydrogens is 765 g/mol. The minimum absolute atomic E-state index is 0.0118. The van der Waals surface area contributed by atoms with Crippen LogP contribution in [0.4, 0.5) is 0 Å². The van der Waals surface area contributed by atoms with Gasteiger partial charge in [-0.15, -0.1) is 0 Å². The van der Waals surface area contributed by atoms with E-state index in [1.807, 2.05) is 33.3 Å². The third-order valence-electron chi connectivity index (χ3n) is 9.58. The van der Waals surface area contributed by atoms with Crippen LogP contribution < -0.4 is 0 Å². The Bertz CT molecular complexity index is 1210. The van der Waals surface area contributed by atoms with Gasteiger partial charge in [0.15, 0.2) is 6.10 Å². The van der Waals surface area contributed by atoms with Gasteiger partial charge in [-0.05, 0) is 77.0 Å². The molecule has 0 spiro atoms. The summed E-state index contributed by atoms with van der Waals surface area (Å²) in [5.74, 6) is -0.892. The number of carbonyl (C=O) groups is 2. The van der Waals surface area contributed by atoms with Gasteiger partial charge in [0.1, 0.15) is 19.8 Å². The van der Waals surface area contributed by atoms with Crippen molar-refractivity contribution in [1.29, 1.82) is 0 Å². The molecule has 0 aliphatic rings. The molecular formula is C48H87NO9P+. The molecule has 0 saturated heterocycles. The van der Waals surface area contributed by atoms with Crippen molar-refractivity contribution in [2.45, 2.75) is 187 Å². The van der Waals surface area contributed by atoms with E-state index in [9.17, 15) is 24.2 Å². The molecule has 10 nitrogen and oxygen atoms in total. The van der Waals surface area contributed by atoms with Gasteiger partial charge >= 0.3 is 19.8 Å². The molecule has 2 N–H and O–H groups in total. The van der Waals surface area contributed by atoms with Crippen LogP contribution in [0.1, 0.15) is 174 Å². The van der Waals surface area contributed by atoms with Crippen LogP contribution in [0.15, 0.2) is 60.8 Å². The van der Waals surface area contributed by atoms with Crippen molar-refractivity contribution in [1.82, 2.24) is 0 Å². The van der Waals surface area contributed by atoms with Crippen LogP contribution in [0, 0.1) is 0 Å². The monoisotopic (exact) mass is 853 g/mol. The Hall–Kier alpha value is -2.33. The molecule has 2 unspecified atom stereocenters. The van der Waals surface area contributed by atoms with E-state index in [1.54, 1.807) is 0 Å². The fraction of sp³-hybridized carbons (Fsp3) is 0.750. The fourth-order valence-electron chi connectivity index (χ4n) is 5.96. The van der Waals surface area contributed by atoms with Gasteiger partial charge in [0.2, 0.25) is 0 Å². The maximum atomic E-state index is 12.7. The summed E-state index contributed by atoms with van der Waals surface area (Å²) in [7, 11) is 1.41. The van der Waals surface area contributed by atoms with Crippen molar-refractivity contribution in [3.05, 3.63) is 60.8 Å². The van der Waals surface area contributed by atoms with Crippen molar-refractivity contribution in [2.75, 3.05) is 47.5 Å². The Kier molecular flexibility index (Phi) is 38.2. The van der Waals surface area contributed by atoms with E-state index in [4.69, 9.17) is 18.5 Å². The van der Waals surface area contributed by atoms with Gasteiger partial charge in [-0.3, -0.25) is 18.6 Å². The summed E-state index contributed by atoms with van der Waals surface area (Å²) in [6, 6.07) is 0. The highest BCUT2D eigenvalue weighted by molar-refractivity contribution is 7.47. The summed E-state index contributed by atoms with van der Waals surface area (Å²) >= 11 is 0. The number of hydrogen-bond acceptors (Lipinski definition) is 8. The Morgan fingerprint density at radius 3 is 1.66 bits per heavy atom. The molecule has 342 valence electrons. The lowest BCUT2D eigenvalue weighted by molar-refractivity contribution is -0.870. The van der Waals surface area contributed by atoms with Crippen LogP contribution >= 0.6 is 7.82 Å². The molecule has 0 aliphatic carbocycles. The zero-order chi connectivity index (χ0) is 43.7. The van der Waals surface area contributed by atoms with E-state index in [2.05, 4.69) is 62.5 Å². The number of aliphatic hydroxyl groups is 1. The quantitative estimate of drug-likeness (QED) is 0.0203. The molecule has 0 radical (unpaired) electrons. The number of phosphoric ester groups is 1. The molecule has 0 heterocycles. The fourth-order valence-corrected chi connectivity index (χ4v) is 6.70. The number of unbranched alkanes of at least 4 members (excludes halogenated alkanes) is 14. The second kappa shape index (κ2) is 39.8. The van der Waals surface area contributed by atoms with Gasteiger partial charge in [-0.1, -0.05) is 145 Å². The van der Waals surface area contributed by atoms with Gasteiger partial charge in [-0.2, -0.15) is 0 Å². The minimum atomic E-state index is -4.40. The summed E-state index contributed by atoms with van der Waals surface area (Å²) in [5.41, 5.74) is 0. The Morgan fingerprint density at radius 1 is 0.593 bits per heavy atom. The van der Waals surface area contributed by atoms with Crippen molar-refractivity contribution in [2.24, 2.45) is 0 Å². The Labute approximate surface area is 360 Å². The highest BCUT2D eigenvalue weighted by Gasteiger charge is 2.27. The summed E-state index contributed by atoms with van der Waals surface area (Å²) in [5, 5.41) is 9.74. The number of likely N-dealkylation sites (N-methyl/N-ethyl adjacent to an activating group) is 1. The number of rotatable bonds is 41. The maximum Gasteiger partial charge on any atom is 0.472 e. The third kappa shape index (κ3) is 43.6. The van der Waals surface area contributed by atoms with Crippen LogP contribution in [0.2, 0.25) is 0 Å². The molecule has 0 aliphatic heterocycles. The molecule has 3 atom stereocenters. The second-order valence-corrected chi connectivity index (χ2v) is 18.1. The van der Waals surface area contributed by atoms with Crippen molar-refractivity contribution in [3.8, 4) is 0 Å². The lowest BCUT2D eigenvalue weighted by Gasteiger charge is -2.24. The summed E-state index contributed by atoms with van der Waals surface area (Å²) < 4.78 is 34.2. The van der Waals surface area contributed by atoms with Gasteiger partial charge in [0, 0.05) is 12.8 Å². The minimum Gasteiger partial charge on any atom is -0.462 e. The molecule has 0 rings (SSSR count). The molecule has 0 aromatic rings. The third-order valence-corrected chi connectivity index (χ3v) is 10.6. The normalized spacial score (nSPS) is 14.6. The van der Waals surface area contributed by atoms with E-state index < -0.39 is 32.5 Å². The van der Waals surface area contributed by atoms with E-state index in [-0.39, 0.29) is 32.2 Å². The van der Waals surface area contributed by atoms with Crippen molar-refractivity contribution < 1.29 is 47.2 Å². The molecule has 0 aromatic heterocycles. The lowest BCUT2D eigenvalue weighted by Crippen LogP contribution is -2.37. The van der Waals surface area contributed by atoms with E-state index in [1.165, 1.54) is 64.2 Å². The number of aliphatic hydroxyl groups excluding tert-OH is 1. The van der Waals surface area contributed by atoms with Crippen LogP contribution in [-0.4, -0.2) is 86.1 Å². The average molecular weight is 853 g/mol. The number of phosphoric acid groups is 1. The number of allylic oxidation sites excluding steroid dienone is 9. The topological polar surface area (TPSA) is 129 Å². The first-order valence-corrected chi connectivity index (χ1v) is 24.6. The van der Waals surface area contributed by atoms with Gasteiger partial charge in [0.05, 0.1) is 33.9 Å². The van der Waals surface area contributed by atoms with Crippen LogP contribution in [0.25, 0.3) is 0 Å². The smallest absolute Gasteiger partial charge is 0.462 e. The van der Waals surface area contributed by atoms with Crippen molar-refractivity contribution >= 4 is 19.8 Å². The molecule has 59 heavy (non-hydrogen) atoms. The number of carbonyl (C=O) groups excluding carboxylic acids is 2. The molecule has 0 aromatic carbocycles. The van der Waals surface area contributed by atoms with Gasteiger partial charge < -0.3 is 24.0 Å². The number of esters is 2. The van der Waals surface area contributed by atoms with E-state index in [0.717, 1.165) is 64.2 Å². The highest BCUT2D eigenvalue weighted by atomic mass is 31.2. The number of hydrogen-bond donors (Lipinski definition) is 2. The largest absolute Gasteiger partial charge is 0.472 e. The maximum absolute atomic E-state index is 12.7. The summed E-state index contributed by atoms with van der Waals surface area (Å²) in [6.07, 6.45) is 44.8. The molecule has 0 fully saturated rings. The zero-order valence-corrected chi connectivity index (χ0v) is 39.0. The Morgan fingerprint density at radius 2 is 1.08 bits per heavy atom. The van der Waals surface area contributed by atoms with E-state index in [0.29, 0.717) is 30.3 Å². The number of quaternary nitrogens is 1. The zero-order valence-electron chi connectivity index (χ0n) is 38.1. The highest BCUT2D eigenvalue weighted by Crippen LogP contribution is 2.43. The van der Waals surface area contributed by atoms with Gasteiger partial charge in [-0.25, -0.2) is 4.57 Å². The SMILES string of the molecule is CCCCCCCC/C=C\CCCCCCCCCC(=O)OC[C@H](COP(=O)(O)OCC[N+](C)(C)C)OC(=O)CCC/C=C\C/C=C\C/C=C\C/C=C\CC(O)CCC. The molecule has 11 heteroatoms. The molecule has 0 saturated carbocycles. The predicted molar refractivity (Wildman–Crippen MR) is 244 cm³/mol. The van der Waals surface area contributed by atoms with E-state index >= 15 is 0 Å². The predicted octanol–water partition coefficient (Wildman–Crippen LogP) is 12.2. The molecule has 0 bridgehead atoms. The summed E-state index contributed by atoms with van der Waals surface area (Å²) in [4.78, 5) is 35.4. The second-order valence-electron chi connectivity index (χ2n) is 16.6. The first-order valence-electron chi connectivity index (χ1n) is 23.1. The number of ether oxygens (including phenoxy) is 2. The number of nitrogens with zero attached hydrogens (tertiary/aromatic N) is 1. The average Bonchev–Trinajstić information content (AvgIpc) is 3.18. The molecule has 0 amide bonds.